The van der Waals surface area contributed by atoms with Crippen molar-refractivity contribution in [1.29, 1.82) is 0 Å². The van der Waals surface area contributed by atoms with Gasteiger partial charge in [0.1, 0.15) is 0 Å². The van der Waals surface area contributed by atoms with E-state index in [9.17, 15) is 23.1 Å². The molecular weight excluding hydrogens is 275 g/mol. The molecule has 0 radical (unpaired) electrons. The van der Waals surface area contributed by atoms with Crippen LogP contribution in [0.15, 0.2) is 23.8 Å². The zero-order chi connectivity index (χ0) is 15.0. The summed E-state index contributed by atoms with van der Waals surface area (Å²) in [5.41, 5.74) is -2.32. The van der Waals surface area contributed by atoms with E-state index in [2.05, 4.69) is 0 Å². The molecule has 1 heterocycles. The zero-order valence-electron chi connectivity index (χ0n) is 10.7. The number of rotatable bonds is 1. The number of likely N-dealkylation sites (tertiary alicyclic amines) is 1. The minimum Gasteiger partial charge on any atom is -0.465 e. The van der Waals surface area contributed by atoms with Crippen molar-refractivity contribution in [1.82, 2.24) is 4.90 Å². The van der Waals surface area contributed by atoms with Crippen LogP contribution >= 0.6 is 0 Å². The molecule has 7 heteroatoms. The van der Waals surface area contributed by atoms with Gasteiger partial charge in [0.25, 0.3) is 0 Å². The lowest BCUT2D eigenvalue weighted by molar-refractivity contribution is -0.238. The summed E-state index contributed by atoms with van der Waals surface area (Å²) in [5.74, 6) is 0. The molecular formula is C13H16F3NO3. The lowest BCUT2D eigenvalue weighted by Crippen LogP contribution is -2.46. The molecule has 20 heavy (non-hydrogen) atoms. The Morgan fingerprint density at radius 1 is 1.40 bits per heavy atom. The molecule has 2 aliphatic rings. The molecule has 0 bridgehead atoms. The lowest BCUT2D eigenvalue weighted by Gasteiger charge is -2.37. The number of nitrogens with zero attached hydrogens (tertiary/aromatic N) is 1. The number of alkyl halides is 3. The molecule has 2 rings (SSSR count). The summed E-state index contributed by atoms with van der Waals surface area (Å²) in [5, 5.41) is 18.6. The van der Waals surface area contributed by atoms with E-state index in [4.69, 9.17) is 5.11 Å². The van der Waals surface area contributed by atoms with Gasteiger partial charge < -0.3 is 15.1 Å². The van der Waals surface area contributed by atoms with E-state index in [1.165, 1.54) is 17.1 Å². The van der Waals surface area contributed by atoms with Crippen molar-refractivity contribution in [3.8, 4) is 0 Å². The summed E-state index contributed by atoms with van der Waals surface area (Å²) in [6.45, 7) is 0.384. The fourth-order valence-electron chi connectivity index (χ4n) is 2.61. The van der Waals surface area contributed by atoms with Crippen LogP contribution in [0, 0.1) is 0 Å². The van der Waals surface area contributed by atoms with Crippen LogP contribution < -0.4 is 0 Å². The SMILES string of the molecule is O=C(O)N1CCCCC1C1=CCC(O)(C(F)(F)F)C=C1. The third kappa shape index (κ3) is 2.67. The van der Waals surface area contributed by atoms with Crippen LogP contribution in [0.2, 0.25) is 0 Å². The molecule has 2 N–H and O–H groups in total. The highest BCUT2D eigenvalue weighted by Gasteiger charge is 2.52. The predicted molar refractivity (Wildman–Crippen MR) is 65.2 cm³/mol. The molecule has 1 amide bonds. The smallest absolute Gasteiger partial charge is 0.421 e. The standard InChI is InChI=1S/C13H16F3NO3/c14-13(15,16)12(20)6-4-9(5-7-12)10-3-1-2-8-17(10)11(18)19/h4-6,10,20H,1-3,7-8H2,(H,18,19). The van der Waals surface area contributed by atoms with Crippen LogP contribution in [0.3, 0.4) is 0 Å². The van der Waals surface area contributed by atoms with Crippen LogP contribution in [0.1, 0.15) is 25.7 Å². The highest BCUT2D eigenvalue weighted by molar-refractivity contribution is 5.66. The Bertz CT molecular complexity index is 458. The first-order valence-electron chi connectivity index (χ1n) is 6.42. The summed E-state index contributed by atoms with van der Waals surface area (Å²) in [4.78, 5) is 12.4. The maximum atomic E-state index is 12.7. The topological polar surface area (TPSA) is 60.8 Å². The molecule has 112 valence electrons. The van der Waals surface area contributed by atoms with E-state index < -0.39 is 30.3 Å². The number of halogens is 3. The van der Waals surface area contributed by atoms with E-state index >= 15 is 0 Å². The zero-order valence-corrected chi connectivity index (χ0v) is 10.7. The predicted octanol–water partition coefficient (Wildman–Crippen LogP) is 2.70. The molecule has 2 atom stereocenters. The van der Waals surface area contributed by atoms with Gasteiger partial charge in [-0.2, -0.15) is 13.2 Å². The summed E-state index contributed by atoms with van der Waals surface area (Å²) in [6.07, 6.45) is -0.987. The molecule has 0 saturated carbocycles. The maximum absolute atomic E-state index is 12.7. The quantitative estimate of drug-likeness (QED) is 0.781. The first kappa shape index (κ1) is 14.9. The van der Waals surface area contributed by atoms with E-state index in [1.807, 2.05) is 0 Å². The van der Waals surface area contributed by atoms with Crippen LogP contribution in [0.4, 0.5) is 18.0 Å². The van der Waals surface area contributed by atoms with Gasteiger partial charge in [-0.1, -0.05) is 12.2 Å². The first-order chi connectivity index (χ1) is 9.24. The fraction of sp³-hybridized carbons (Fsp3) is 0.615. The van der Waals surface area contributed by atoms with Crippen LogP contribution in [-0.2, 0) is 0 Å². The Morgan fingerprint density at radius 2 is 2.10 bits per heavy atom. The van der Waals surface area contributed by atoms with Crippen LogP contribution in [-0.4, -0.2) is 45.6 Å². The molecule has 1 saturated heterocycles. The van der Waals surface area contributed by atoms with E-state index in [-0.39, 0.29) is 0 Å². The highest BCUT2D eigenvalue weighted by Crippen LogP contribution is 2.38. The molecule has 4 nitrogen and oxygen atoms in total. The normalized spacial score (nSPS) is 31.1. The lowest BCUT2D eigenvalue weighted by atomic mass is 9.86. The van der Waals surface area contributed by atoms with Crippen molar-refractivity contribution in [2.75, 3.05) is 6.54 Å². The van der Waals surface area contributed by atoms with Crippen molar-refractivity contribution in [3.63, 3.8) is 0 Å². The van der Waals surface area contributed by atoms with Gasteiger partial charge >= 0.3 is 12.3 Å². The molecule has 1 fully saturated rings. The molecule has 0 aromatic heterocycles. The van der Waals surface area contributed by atoms with Gasteiger partial charge in [-0.05, 0) is 30.9 Å². The number of hydrogen-bond donors (Lipinski definition) is 2. The molecule has 0 aromatic rings. The third-order valence-corrected chi connectivity index (χ3v) is 3.82. The number of carbonyl (C=O) groups is 1. The van der Waals surface area contributed by atoms with E-state index in [0.29, 0.717) is 18.5 Å². The fourth-order valence-corrected chi connectivity index (χ4v) is 2.61. The van der Waals surface area contributed by atoms with Crippen molar-refractivity contribution >= 4 is 6.09 Å². The van der Waals surface area contributed by atoms with Gasteiger partial charge in [0, 0.05) is 13.0 Å². The van der Waals surface area contributed by atoms with E-state index in [1.54, 1.807) is 0 Å². The Balaban J connectivity index is 2.16. The first-order valence-corrected chi connectivity index (χ1v) is 6.42. The highest BCUT2D eigenvalue weighted by atomic mass is 19.4. The number of amides is 1. The van der Waals surface area contributed by atoms with Crippen molar-refractivity contribution in [3.05, 3.63) is 23.8 Å². The second-order valence-electron chi connectivity index (χ2n) is 5.15. The summed E-state index contributed by atoms with van der Waals surface area (Å²) < 4.78 is 38.0. The van der Waals surface area contributed by atoms with Gasteiger partial charge in [0.15, 0.2) is 5.60 Å². The summed E-state index contributed by atoms with van der Waals surface area (Å²) in [6, 6.07) is -0.421. The molecule has 0 spiro atoms. The number of piperidine rings is 1. The van der Waals surface area contributed by atoms with Crippen LogP contribution in [0.25, 0.3) is 0 Å². The maximum Gasteiger partial charge on any atom is 0.421 e. The van der Waals surface area contributed by atoms with Gasteiger partial charge in [0.05, 0.1) is 6.04 Å². The van der Waals surface area contributed by atoms with Gasteiger partial charge in [-0.3, -0.25) is 0 Å². The van der Waals surface area contributed by atoms with Crippen molar-refractivity contribution in [2.45, 2.75) is 43.5 Å². The molecule has 1 aliphatic heterocycles. The van der Waals surface area contributed by atoms with Crippen LogP contribution in [0.5, 0.6) is 0 Å². The monoisotopic (exact) mass is 291 g/mol. The third-order valence-electron chi connectivity index (χ3n) is 3.82. The molecule has 0 aromatic carbocycles. The number of aliphatic hydroxyl groups is 1. The minimum atomic E-state index is -4.73. The molecule has 1 aliphatic carbocycles. The summed E-state index contributed by atoms with van der Waals surface area (Å²) >= 11 is 0. The molecule has 2 unspecified atom stereocenters. The van der Waals surface area contributed by atoms with Gasteiger partial charge in [-0.15, -0.1) is 0 Å². The Kier molecular flexibility index (Phi) is 3.82. The summed E-state index contributed by atoms with van der Waals surface area (Å²) in [7, 11) is 0. The Morgan fingerprint density at radius 3 is 2.60 bits per heavy atom. The van der Waals surface area contributed by atoms with Gasteiger partial charge in [0.2, 0.25) is 0 Å². The number of hydrogen-bond acceptors (Lipinski definition) is 2. The largest absolute Gasteiger partial charge is 0.465 e. The number of carboxylic acid groups (broad SMARTS) is 1. The second kappa shape index (κ2) is 5.12. The Labute approximate surface area is 114 Å². The van der Waals surface area contributed by atoms with Crippen molar-refractivity contribution < 1.29 is 28.2 Å². The van der Waals surface area contributed by atoms with E-state index in [0.717, 1.165) is 18.9 Å². The average molecular weight is 291 g/mol. The minimum absolute atomic E-state index is 0.384. The average Bonchev–Trinajstić information content (AvgIpc) is 2.38. The van der Waals surface area contributed by atoms with Crippen molar-refractivity contribution in [2.24, 2.45) is 0 Å². The van der Waals surface area contributed by atoms with Gasteiger partial charge in [-0.25, -0.2) is 4.79 Å². The second-order valence-corrected chi connectivity index (χ2v) is 5.15. The Hall–Kier alpha value is -1.50.